The first-order valence-corrected chi connectivity index (χ1v) is 13.6. The zero-order valence-corrected chi connectivity index (χ0v) is 23.1. The van der Waals surface area contributed by atoms with E-state index >= 15 is 0 Å². The molecule has 44 heavy (non-hydrogen) atoms. The van der Waals surface area contributed by atoms with E-state index in [1.165, 1.54) is 19.8 Å². The van der Waals surface area contributed by atoms with E-state index in [1.54, 1.807) is 24.3 Å². The second kappa shape index (κ2) is 11.5. The Morgan fingerprint density at radius 1 is 1.02 bits per heavy atom. The first kappa shape index (κ1) is 29.0. The van der Waals surface area contributed by atoms with Gasteiger partial charge < -0.3 is 25.1 Å². The monoisotopic (exact) mass is 611 g/mol. The van der Waals surface area contributed by atoms with Gasteiger partial charge >= 0.3 is 6.18 Å². The van der Waals surface area contributed by atoms with Crippen molar-refractivity contribution in [3.8, 4) is 17.3 Å². The van der Waals surface area contributed by atoms with E-state index in [4.69, 9.17) is 9.15 Å². The van der Waals surface area contributed by atoms with Crippen LogP contribution < -0.4 is 20.7 Å². The Hall–Kier alpha value is -5.08. The molecule has 0 unspecified atom stereocenters. The lowest BCUT2D eigenvalue weighted by Gasteiger charge is -2.31. The summed E-state index contributed by atoms with van der Waals surface area (Å²) in [6, 6.07) is 8.62. The first-order chi connectivity index (χ1) is 21.1. The number of benzene rings is 2. The standard InChI is InChI=1S/C29H25F4N7O4/c1-43-28-22(24(34-12-35-28)37-17-6-4-14(5-7-17)27-40-36-13-44-27)26(42)39-23-16-3-2-15(10-16)21(23)25(41)38-18-8-9-20(30)19(11-18)29(31,32)33/h4-9,11-13,15-16,21,23H,2-3,10H2,1H3,(H,38,41)(H,39,42)(H,34,35,37)/t15-,16+,21+,23-/m1/s1. The SMILES string of the molecule is COc1ncnc(Nc2ccc(-c3nnco3)cc2)c1C(=O)N[C@@H]1[C@H]2CC[C@H](C2)[C@@H]1C(=O)Nc1ccc(F)c(C(F)(F)F)c1. The Labute approximate surface area is 247 Å². The number of hydrogen-bond donors (Lipinski definition) is 3. The number of amides is 2. The Morgan fingerprint density at radius 3 is 2.48 bits per heavy atom. The highest BCUT2D eigenvalue weighted by atomic mass is 19.4. The minimum absolute atomic E-state index is 0.00219. The molecule has 2 aliphatic rings. The molecule has 2 bridgehead atoms. The molecule has 2 aliphatic carbocycles. The van der Waals surface area contributed by atoms with E-state index in [9.17, 15) is 27.2 Å². The van der Waals surface area contributed by atoms with Crippen LogP contribution in [0.5, 0.6) is 5.88 Å². The van der Waals surface area contributed by atoms with Crippen molar-refractivity contribution in [3.05, 3.63) is 72.1 Å². The van der Waals surface area contributed by atoms with Crippen molar-refractivity contribution in [1.29, 1.82) is 0 Å². The fraction of sp³-hybridized carbons (Fsp3) is 0.310. The fourth-order valence-corrected chi connectivity index (χ4v) is 6.10. The number of carbonyl (C=O) groups excluding carboxylic acids is 2. The third-order valence-electron chi connectivity index (χ3n) is 8.04. The van der Waals surface area contributed by atoms with Crippen molar-refractivity contribution >= 4 is 29.0 Å². The number of alkyl halides is 3. The lowest BCUT2D eigenvalue weighted by Crippen LogP contribution is -2.48. The summed E-state index contributed by atoms with van der Waals surface area (Å²) in [6.07, 6.45) is -0.302. The number of aromatic nitrogens is 4. The van der Waals surface area contributed by atoms with Crippen LogP contribution in [-0.4, -0.2) is 45.1 Å². The second-order valence-corrected chi connectivity index (χ2v) is 10.6. The van der Waals surface area contributed by atoms with E-state index in [0.29, 0.717) is 35.7 Å². The number of carbonyl (C=O) groups is 2. The van der Waals surface area contributed by atoms with E-state index in [2.05, 4.69) is 36.1 Å². The summed E-state index contributed by atoms with van der Waals surface area (Å²) >= 11 is 0. The van der Waals surface area contributed by atoms with Gasteiger partial charge in [0.15, 0.2) is 5.82 Å². The summed E-state index contributed by atoms with van der Waals surface area (Å²) in [5.74, 6) is -2.94. The molecule has 3 N–H and O–H groups in total. The molecule has 0 aliphatic heterocycles. The molecular weight excluding hydrogens is 586 g/mol. The smallest absolute Gasteiger partial charge is 0.419 e. The van der Waals surface area contributed by atoms with Crippen LogP contribution in [0.15, 0.2) is 59.6 Å². The Bertz CT molecular complexity index is 1680. The summed E-state index contributed by atoms with van der Waals surface area (Å²) in [5, 5.41) is 16.1. The summed E-state index contributed by atoms with van der Waals surface area (Å²) in [7, 11) is 1.35. The van der Waals surface area contributed by atoms with Crippen LogP contribution in [-0.2, 0) is 11.0 Å². The zero-order valence-electron chi connectivity index (χ0n) is 23.1. The summed E-state index contributed by atoms with van der Waals surface area (Å²) in [5.41, 5.74) is -0.397. The summed E-state index contributed by atoms with van der Waals surface area (Å²) in [4.78, 5) is 35.5. The number of anilines is 3. The van der Waals surface area contributed by atoms with Crippen LogP contribution in [0.1, 0.15) is 35.2 Å². The molecule has 4 atom stereocenters. The van der Waals surface area contributed by atoms with Gasteiger partial charge in [-0.25, -0.2) is 14.4 Å². The molecule has 6 rings (SSSR count). The van der Waals surface area contributed by atoms with Gasteiger partial charge in [-0.3, -0.25) is 9.59 Å². The average Bonchev–Trinajstić information content (AvgIpc) is 3.77. The molecular formula is C29H25F4N7O4. The van der Waals surface area contributed by atoms with Gasteiger partial charge in [-0.1, -0.05) is 0 Å². The number of nitrogens with zero attached hydrogens (tertiary/aromatic N) is 4. The predicted molar refractivity (Wildman–Crippen MR) is 147 cm³/mol. The largest absolute Gasteiger partial charge is 0.480 e. The molecule has 0 saturated heterocycles. The maximum atomic E-state index is 13.8. The van der Waals surface area contributed by atoms with E-state index in [0.717, 1.165) is 18.9 Å². The molecule has 2 aromatic heterocycles. The third-order valence-corrected chi connectivity index (χ3v) is 8.04. The second-order valence-electron chi connectivity index (χ2n) is 10.6. The van der Waals surface area contributed by atoms with Gasteiger partial charge in [0.25, 0.3) is 5.91 Å². The van der Waals surface area contributed by atoms with Gasteiger partial charge in [-0.05, 0) is 73.6 Å². The lowest BCUT2D eigenvalue weighted by molar-refractivity contribution is -0.140. The number of hydrogen-bond acceptors (Lipinski definition) is 9. The van der Waals surface area contributed by atoms with E-state index in [-0.39, 0.29) is 34.8 Å². The van der Waals surface area contributed by atoms with E-state index in [1.807, 2.05) is 0 Å². The molecule has 4 aromatic rings. The molecule has 11 nitrogen and oxygen atoms in total. The topological polar surface area (TPSA) is 144 Å². The molecule has 2 heterocycles. The highest BCUT2D eigenvalue weighted by Crippen LogP contribution is 2.49. The number of fused-ring (bicyclic) bond motifs is 2. The van der Waals surface area contributed by atoms with Crippen LogP contribution >= 0.6 is 0 Å². The van der Waals surface area contributed by atoms with Crippen LogP contribution in [0, 0.1) is 23.6 Å². The van der Waals surface area contributed by atoms with Crippen molar-refractivity contribution in [1.82, 2.24) is 25.5 Å². The van der Waals surface area contributed by atoms with Gasteiger partial charge in [0, 0.05) is 23.0 Å². The molecule has 0 radical (unpaired) electrons. The molecule has 0 spiro atoms. The van der Waals surface area contributed by atoms with Crippen molar-refractivity contribution in [2.24, 2.45) is 17.8 Å². The molecule has 2 amide bonds. The quantitative estimate of drug-likeness (QED) is 0.229. The number of methoxy groups -OCH3 is 1. The van der Waals surface area contributed by atoms with Crippen LogP contribution in [0.4, 0.5) is 34.8 Å². The molecule has 15 heteroatoms. The van der Waals surface area contributed by atoms with Crippen molar-refractivity contribution in [3.63, 3.8) is 0 Å². The highest BCUT2D eigenvalue weighted by molar-refractivity contribution is 6.02. The zero-order chi connectivity index (χ0) is 31.0. The number of halogens is 4. The van der Waals surface area contributed by atoms with Gasteiger partial charge in [0.2, 0.25) is 24.1 Å². The third kappa shape index (κ3) is 5.64. The van der Waals surface area contributed by atoms with Gasteiger partial charge in [-0.2, -0.15) is 13.2 Å². The van der Waals surface area contributed by atoms with Gasteiger partial charge in [-0.15, -0.1) is 10.2 Å². The normalized spacial score (nSPS) is 20.8. The molecule has 2 fully saturated rings. The number of ether oxygens (including phenoxy) is 1. The first-order valence-electron chi connectivity index (χ1n) is 13.6. The number of nitrogens with one attached hydrogen (secondary N) is 3. The maximum Gasteiger partial charge on any atom is 0.419 e. The summed E-state index contributed by atoms with van der Waals surface area (Å²) in [6.45, 7) is 0. The number of rotatable bonds is 8. The van der Waals surface area contributed by atoms with Crippen LogP contribution in [0.25, 0.3) is 11.5 Å². The van der Waals surface area contributed by atoms with E-state index < -0.39 is 41.3 Å². The minimum atomic E-state index is -4.92. The van der Waals surface area contributed by atoms with Crippen LogP contribution in [0.3, 0.4) is 0 Å². The van der Waals surface area contributed by atoms with Crippen LogP contribution in [0.2, 0.25) is 0 Å². The highest BCUT2D eigenvalue weighted by Gasteiger charge is 2.51. The van der Waals surface area contributed by atoms with Crippen molar-refractivity contribution in [2.75, 3.05) is 17.7 Å². The van der Waals surface area contributed by atoms with Crippen molar-refractivity contribution < 1.29 is 36.3 Å². The molecule has 2 aromatic carbocycles. The lowest BCUT2D eigenvalue weighted by atomic mass is 9.83. The average molecular weight is 612 g/mol. The Morgan fingerprint density at radius 2 is 1.77 bits per heavy atom. The Balaban J connectivity index is 1.22. The predicted octanol–water partition coefficient (Wildman–Crippen LogP) is 5.22. The maximum absolute atomic E-state index is 13.8. The fourth-order valence-electron chi connectivity index (χ4n) is 6.10. The minimum Gasteiger partial charge on any atom is -0.480 e. The molecule has 2 saturated carbocycles. The van der Waals surface area contributed by atoms with Gasteiger partial charge in [0.05, 0.1) is 18.6 Å². The summed E-state index contributed by atoms with van der Waals surface area (Å²) < 4.78 is 64.0. The molecule has 228 valence electrons. The van der Waals surface area contributed by atoms with Gasteiger partial charge in [0.1, 0.15) is 17.7 Å². The van der Waals surface area contributed by atoms with Crippen molar-refractivity contribution in [2.45, 2.75) is 31.5 Å². The Kier molecular flexibility index (Phi) is 7.61.